The molecular weight excluding hydrogens is 274 g/mol. The smallest absolute Gasteiger partial charge is 0.272 e. The number of aromatic nitrogens is 1. The lowest BCUT2D eigenvalue weighted by atomic mass is 10.1. The second-order valence-electron chi connectivity index (χ2n) is 5.76. The average molecular weight is 303 g/mol. The lowest BCUT2D eigenvalue weighted by Crippen LogP contribution is -3.11. The van der Waals surface area contributed by atoms with E-state index in [2.05, 4.69) is 43.2 Å². The summed E-state index contributed by atoms with van der Waals surface area (Å²) in [5.41, 5.74) is 2.38. The number of hydrogen-bond donors (Lipinski definition) is 2. The number of hydrogen-bond acceptors (Lipinski definition) is 2. The number of rotatable bonds is 8. The molecule has 0 aliphatic rings. The maximum atomic E-state index is 5.31. The second-order valence-corrected chi connectivity index (χ2v) is 5.76. The van der Waals surface area contributed by atoms with Crippen molar-refractivity contribution in [3.05, 3.63) is 29.8 Å². The van der Waals surface area contributed by atoms with E-state index in [0.717, 1.165) is 23.6 Å². The number of pyridine rings is 1. The van der Waals surface area contributed by atoms with Crippen LogP contribution in [0.25, 0.3) is 10.9 Å². The Labute approximate surface area is 133 Å². The van der Waals surface area contributed by atoms with Crippen LogP contribution in [0.3, 0.4) is 0 Å². The number of anilines is 1. The van der Waals surface area contributed by atoms with Gasteiger partial charge in [0.15, 0.2) is 0 Å². The molecule has 0 fully saturated rings. The van der Waals surface area contributed by atoms with Gasteiger partial charge < -0.3 is 9.64 Å². The van der Waals surface area contributed by atoms with E-state index >= 15 is 0 Å². The van der Waals surface area contributed by atoms with Crippen LogP contribution in [0.1, 0.15) is 25.8 Å². The number of aromatic amines is 1. The lowest BCUT2D eigenvalue weighted by Gasteiger charge is -2.14. The molecule has 0 amide bonds. The average Bonchev–Trinajstić information content (AvgIpc) is 2.54. The minimum atomic E-state index is 0.880. The van der Waals surface area contributed by atoms with Crippen LogP contribution in [0.5, 0.6) is 5.75 Å². The Kier molecular flexibility index (Phi) is 6.01. The Morgan fingerprint density at radius 2 is 1.95 bits per heavy atom. The van der Waals surface area contributed by atoms with Gasteiger partial charge in [0.25, 0.3) is 5.82 Å². The molecule has 0 bridgehead atoms. The number of ether oxygens (including phenoxy) is 1. The van der Waals surface area contributed by atoms with Crippen molar-refractivity contribution < 1.29 is 14.6 Å². The van der Waals surface area contributed by atoms with E-state index in [-0.39, 0.29) is 0 Å². The van der Waals surface area contributed by atoms with Crippen molar-refractivity contribution in [2.75, 3.05) is 38.6 Å². The summed E-state index contributed by atoms with van der Waals surface area (Å²) in [5.74, 6) is 1.96. The molecule has 1 heterocycles. The summed E-state index contributed by atoms with van der Waals surface area (Å²) in [6.07, 6.45) is 1.18. The highest BCUT2D eigenvalue weighted by atomic mass is 16.5. The molecule has 0 atom stereocenters. The van der Waals surface area contributed by atoms with Crippen molar-refractivity contribution in [1.82, 2.24) is 0 Å². The Hall–Kier alpha value is -1.81. The van der Waals surface area contributed by atoms with Gasteiger partial charge in [0, 0.05) is 23.9 Å². The van der Waals surface area contributed by atoms with Crippen molar-refractivity contribution in [3.63, 3.8) is 0 Å². The van der Waals surface area contributed by atoms with Gasteiger partial charge in [-0.25, -0.2) is 4.98 Å². The van der Waals surface area contributed by atoms with Gasteiger partial charge in [-0.05, 0) is 38.5 Å². The fourth-order valence-corrected chi connectivity index (χ4v) is 2.83. The van der Waals surface area contributed by atoms with Crippen LogP contribution in [0, 0.1) is 6.92 Å². The number of quaternary nitrogens is 1. The van der Waals surface area contributed by atoms with Gasteiger partial charge >= 0.3 is 0 Å². The van der Waals surface area contributed by atoms with Crippen LogP contribution in [0.4, 0.5) is 5.82 Å². The van der Waals surface area contributed by atoms with Crippen molar-refractivity contribution in [2.24, 2.45) is 0 Å². The van der Waals surface area contributed by atoms with E-state index in [9.17, 15) is 0 Å². The van der Waals surface area contributed by atoms with E-state index < -0.39 is 0 Å². The Bertz CT molecular complexity index is 609. The quantitative estimate of drug-likeness (QED) is 0.729. The van der Waals surface area contributed by atoms with Crippen LogP contribution in [0.15, 0.2) is 24.3 Å². The highest BCUT2D eigenvalue weighted by Crippen LogP contribution is 2.21. The molecule has 2 aromatic rings. The molecule has 0 aliphatic heterocycles. The lowest BCUT2D eigenvalue weighted by molar-refractivity contribution is -0.896. The molecule has 4 nitrogen and oxygen atoms in total. The molecule has 1 aromatic carbocycles. The van der Waals surface area contributed by atoms with Crippen molar-refractivity contribution in [1.29, 1.82) is 0 Å². The molecule has 0 radical (unpaired) electrons. The molecule has 0 aliphatic carbocycles. The Balaban J connectivity index is 2.02. The zero-order valence-electron chi connectivity index (χ0n) is 14.3. The summed E-state index contributed by atoms with van der Waals surface area (Å²) in [6, 6.07) is 8.34. The minimum Gasteiger partial charge on any atom is -0.497 e. The van der Waals surface area contributed by atoms with Gasteiger partial charge in [-0.15, -0.1) is 0 Å². The van der Waals surface area contributed by atoms with E-state index in [1.807, 2.05) is 12.1 Å². The fraction of sp³-hybridized carbons (Fsp3) is 0.500. The van der Waals surface area contributed by atoms with Gasteiger partial charge in [-0.3, -0.25) is 5.32 Å². The second kappa shape index (κ2) is 7.99. The standard InChI is InChI=1S/C18H27N3O/c1-5-21(6-2)11-7-10-19-18-12-14(3)16-9-8-15(22-4)13-17(16)20-18/h8-9,12-13H,5-7,10-11H2,1-4H3,(H,19,20)/p+2. The monoisotopic (exact) mass is 303 g/mol. The van der Waals surface area contributed by atoms with Gasteiger partial charge in [-0.1, -0.05) is 0 Å². The minimum absolute atomic E-state index is 0.880. The largest absolute Gasteiger partial charge is 0.497 e. The summed E-state index contributed by atoms with van der Waals surface area (Å²) in [4.78, 5) is 5.12. The Morgan fingerprint density at radius 1 is 1.18 bits per heavy atom. The predicted octanol–water partition coefficient (Wildman–Crippen LogP) is 1.70. The third-order valence-electron chi connectivity index (χ3n) is 4.30. The van der Waals surface area contributed by atoms with Crippen LogP contribution in [-0.4, -0.2) is 33.3 Å². The number of H-pyrrole nitrogens is 1. The first-order valence-corrected chi connectivity index (χ1v) is 8.26. The number of fused-ring (bicyclic) bond motifs is 1. The summed E-state index contributed by atoms with van der Waals surface area (Å²) in [6.45, 7) is 11.3. The topological polar surface area (TPSA) is 39.8 Å². The summed E-state index contributed by atoms with van der Waals surface area (Å²) >= 11 is 0. The van der Waals surface area contributed by atoms with E-state index in [1.165, 1.54) is 37.0 Å². The molecule has 0 spiro atoms. The zero-order chi connectivity index (χ0) is 15.9. The van der Waals surface area contributed by atoms with Gasteiger partial charge in [0.05, 0.1) is 33.3 Å². The number of benzene rings is 1. The highest BCUT2D eigenvalue weighted by Gasteiger charge is 2.09. The van der Waals surface area contributed by atoms with Crippen molar-refractivity contribution in [3.8, 4) is 5.75 Å². The van der Waals surface area contributed by atoms with Crippen molar-refractivity contribution in [2.45, 2.75) is 27.2 Å². The zero-order valence-corrected chi connectivity index (χ0v) is 14.3. The van der Waals surface area contributed by atoms with Crippen LogP contribution < -0.4 is 19.9 Å². The van der Waals surface area contributed by atoms with E-state index in [0.29, 0.717) is 0 Å². The first-order valence-electron chi connectivity index (χ1n) is 8.26. The first kappa shape index (κ1) is 16.6. The molecule has 3 N–H and O–H groups in total. The molecule has 0 saturated heterocycles. The van der Waals surface area contributed by atoms with Crippen molar-refractivity contribution >= 4 is 16.7 Å². The molecular formula is C18H29N3O+2. The highest BCUT2D eigenvalue weighted by molar-refractivity contribution is 5.81. The predicted molar refractivity (Wildman–Crippen MR) is 91.8 cm³/mol. The van der Waals surface area contributed by atoms with Gasteiger partial charge in [-0.2, -0.15) is 0 Å². The SMILES string of the molecule is CC[NH+](CC)CCCNc1cc(C)c2ccc(OC)cc2[nH+]1. The normalized spacial score (nSPS) is 11.1. The number of methoxy groups -OCH3 is 1. The molecule has 120 valence electrons. The van der Waals surface area contributed by atoms with E-state index in [4.69, 9.17) is 4.74 Å². The van der Waals surface area contributed by atoms with E-state index in [1.54, 1.807) is 12.0 Å². The number of nitrogens with one attached hydrogen (secondary N) is 3. The molecule has 4 heteroatoms. The molecule has 0 unspecified atom stereocenters. The van der Waals surface area contributed by atoms with Crippen LogP contribution in [-0.2, 0) is 0 Å². The summed E-state index contributed by atoms with van der Waals surface area (Å²) < 4.78 is 5.31. The summed E-state index contributed by atoms with van der Waals surface area (Å²) in [5, 5.41) is 4.74. The molecule has 2 rings (SSSR count). The van der Waals surface area contributed by atoms with Crippen LogP contribution >= 0.6 is 0 Å². The fourth-order valence-electron chi connectivity index (χ4n) is 2.83. The third kappa shape index (κ3) is 4.10. The van der Waals surface area contributed by atoms with Gasteiger partial charge in [0.1, 0.15) is 11.3 Å². The summed E-state index contributed by atoms with van der Waals surface area (Å²) in [7, 11) is 1.70. The first-order chi connectivity index (χ1) is 10.7. The molecule has 22 heavy (non-hydrogen) atoms. The Morgan fingerprint density at radius 3 is 2.64 bits per heavy atom. The molecule has 1 aromatic heterocycles. The maximum Gasteiger partial charge on any atom is 0.272 e. The number of aryl methyl sites for hydroxylation is 1. The maximum absolute atomic E-state index is 5.31. The van der Waals surface area contributed by atoms with Gasteiger partial charge in [0.2, 0.25) is 0 Å². The third-order valence-corrected chi connectivity index (χ3v) is 4.30. The molecule has 0 saturated carbocycles. The van der Waals surface area contributed by atoms with Crippen LogP contribution in [0.2, 0.25) is 0 Å².